The lowest BCUT2D eigenvalue weighted by Crippen LogP contribution is -2.15. The smallest absolute Gasteiger partial charge is 0.311 e. The summed E-state index contributed by atoms with van der Waals surface area (Å²) in [6, 6.07) is 19.3. The predicted molar refractivity (Wildman–Crippen MR) is 91.1 cm³/mol. The molecule has 1 unspecified atom stereocenters. The van der Waals surface area contributed by atoms with Crippen LogP contribution in [0.2, 0.25) is 0 Å². The van der Waals surface area contributed by atoms with Crippen LogP contribution in [-0.4, -0.2) is 16.0 Å². The van der Waals surface area contributed by atoms with Crippen LogP contribution in [0.3, 0.4) is 0 Å². The van der Waals surface area contributed by atoms with Crippen molar-refractivity contribution in [3.8, 4) is 0 Å². The van der Waals surface area contributed by atoms with Gasteiger partial charge in [-0.1, -0.05) is 54.6 Å². The third-order valence-electron chi connectivity index (χ3n) is 4.08. The molecule has 0 aliphatic heterocycles. The van der Waals surface area contributed by atoms with Gasteiger partial charge in [-0.05, 0) is 28.3 Å². The van der Waals surface area contributed by atoms with Crippen molar-refractivity contribution in [1.29, 1.82) is 0 Å². The fourth-order valence-corrected chi connectivity index (χ4v) is 2.87. The van der Waals surface area contributed by atoms with Crippen LogP contribution in [-0.2, 0) is 11.2 Å². The van der Waals surface area contributed by atoms with E-state index in [1.807, 2.05) is 42.5 Å². The third-order valence-corrected chi connectivity index (χ3v) is 4.08. The van der Waals surface area contributed by atoms with E-state index in [0.29, 0.717) is 0 Å². The van der Waals surface area contributed by atoms with E-state index in [9.17, 15) is 20.0 Å². The summed E-state index contributed by atoms with van der Waals surface area (Å²) in [7, 11) is 0. The second kappa shape index (κ2) is 6.50. The van der Waals surface area contributed by atoms with Crippen LogP contribution in [0.4, 0.5) is 5.69 Å². The second-order valence-corrected chi connectivity index (χ2v) is 5.59. The highest BCUT2D eigenvalue weighted by molar-refractivity contribution is 5.90. The van der Waals surface area contributed by atoms with Crippen LogP contribution >= 0.6 is 0 Å². The van der Waals surface area contributed by atoms with Crippen LogP contribution in [0.1, 0.15) is 17.0 Å². The molecule has 120 valence electrons. The molecule has 0 aromatic heterocycles. The van der Waals surface area contributed by atoms with Crippen LogP contribution in [0.25, 0.3) is 10.8 Å². The van der Waals surface area contributed by atoms with Crippen molar-refractivity contribution in [3.63, 3.8) is 0 Å². The first-order chi connectivity index (χ1) is 11.6. The van der Waals surface area contributed by atoms with E-state index >= 15 is 0 Å². The van der Waals surface area contributed by atoms with Gasteiger partial charge in [0.05, 0.1) is 10.8 Å². The number of carboxylic acid groups (broad SMARTS) is 1. The van der Waals surface area contributed by atoms with Gasteiger partial charge in [0, 0.05) is 12.1 Å². The Morgan fingerprint density at radius 1 is 1.00 bits per heavy atom. The Kier molecular flexibility index (Phi) is 4.24. The molecule has 0 aliphatic rings. The van der Waals surface area contributed by atoms with Gasteiger partial charge in [-0.3, -0.25) is 14.9 Å². The van der Waals surface area contributed by atoms with E-state index in [1.165, 1.54) is 12.1 Å². The number of nitrogens with zero attached hydrogens (tertiary/aromatic N) is 1. The van der Waals surface area contributed by atoms with Gasteiger partial charge in [0.25, 0.3) is 5.69 Å². The lowest BCUT2D eigenvalue weighted by Gasteiger charge is -2.15. The first-order valence-corrected chi connectivity index (χ1v) is 7.50. The van der Waals surface area contributed by atoms with E-state index in [2.05, 4.69) is 0 Å². The molecule has 1 atom stereocenters. The number of hydrogen-bond acceptors (Lipinski definition) is 3. The van der Waals surface area contributed by atoms with Crippen molar-refractivity contribution in [2.45, 2.75) is 12.3 Å². The molecule has 0 heterocycles. The highest BCUT2D eigenvalue weighted by Gasteiger charge is 2.22. The average molecular weight is 321 g/mol. The summed E-state index contributed by atoms with van der Waals surface area (Å²) in [4.78, 5) is 22.1. The van der Waals surface area contributed by atoms with Crippen molar-refractivity contribution >= 4 is 22.4 Å². The lowest BCUT2D eigenvalue weighted by atomic mass is 9.88. The van der Waals surface area contributed by atoms with Gasteiger partial charge < -0.3 is 5.11 Å². The molecule has 0 amide bonds. The summed E-state index contributed by atoms with van der Waals surface area (Å²) >= 11 is 0. The number of nitro groups is 1. The molecule has 5 nitrogen and oxygen atoms in total. The zero-order valence-corrected chi connectivity index (χ0v) is 12.8. The molecule has 0 saturated carbocycles. The van der Waals surface area contributed by atoms with Gasteiger partial charge in [0.15, 0.2) is 0 Å². The number of carboxylic acids is 1. The van der Waals surface area contributed by atoms with Crippen molar-refractivity contribution < 1.29 is 14.8 Å². The number of carbonyl (C=O) groups is 1. The number of hydrogen-bond donors (Lipinski definition) is 1. The van der Waals surface area contributed by atoms with E-state index in [-0.39, 0.29) is 12.1 Å². The third kappa shape index (κ3) is 3.10. The molecule has 3 aromatic rings. The molecule has 24 heavy (non-hydrogen) atoms. The van der Waals surface area contributed by atoms with Crippen molar-refractivity contribution in [2.24, 2.45) is 0 Å². The van der Waals surface area contributed by atoms with Gasteiger partial charge >= 0.3 is 5.97 Å². The van der Waals surface area contributed by atoms with Gasteiger partial charge in [0.1, 0.15) is 0 Å². The van der Waals surface area contributed by atoms with Crippen LogP contribution in [0, 0.1) is 10.1 Å². The minimum atomic E-state index is -0.912. The minimum absolute atomic E-state index is 0.00390. The zero-order valence-electron chi connectivity index (χ0n) is 12.8. The highest BCUT2D eigenvalue weighted by atomic mass is 16.6. The quantitative estimate of drug-likeness (QED) is 0.565. The fraction of sp³-hybridized carbons (Fsp3) is 0.105. The summed E-state index contributed by atoms with van der Waals surface area (Å²) in [5.74, 6) is -1.62. The Labute approximate surface area is 138 Å². The Hall–Kier alpha value is -3.21. The van der Waals surface area contributed by atoms with E-state index in [1.54, 1.807) is 12.1 Å². The van der Waals surface area contributed by atoms with E-state index in [0.717, 1.165) is 21.9 Å². The van der Waals surface area contributed by atoms with Gasteiger partial charge in [0.2, 0.25) is 0 Å². The first kappa shape index (κ1) is 15.7. The monoisotopic (exact) mass is 321 g/mol. The van der Waals surface area contributed by atoms with Crippen molar-refractivity contribution in [1.82, 2.24) is 0 Å². The molecular formula is C19H15NO4. The maximum atomic E-state index is 11.8. The molecule has 0 spiro atoms. The highest BCUT2D eigenvalue weighted by Crippen LogP contribution is 2.29. The summed E-state index contributed by atoms with van der Waals surface area (Å²) < 4.78 is 0. The molecule has 0 saturated heterocycles. The molecular weight excluding hydrogens is 306 g/mol. The maximum absolute atomic E-state index is 11.8. The van der Waals surface area contributed by atoms with E-state index in [4.69, 9.17) is 0 Å². The van der Waals surface area contributed by atoms with Crippen LogP contribution in [0.5, 0.6) is 0 Å². The minimum Gasteiger partial charge on any atom is -0.481 e. The summed E-state index contributed by atoms with van der Waals surface area (Å²) in [6.45, 7) is 0. The summed E-state index contributed by atoms with van der Waals surface area (Å²) in [6.07, 6.45) is 0.279. The van der Waals surface area contributed by atoms with Crippen molar-refractivity contribution in [2.75, 3.05) is 0 Å². The molecule has 0 radical (unpaired) electrons. The number of rotatable bonds is 5. The van der Waals surface area contributed by atoms with E-state index < -0.39 is 16.8 Å². The molecule has 0 bridgehead atoms. The number of non-ortho nitro benzene ring substituents is 1. The Bertz CT molecular complexity index is 897. The number of benzene rings is 3. The molecule has 0 aliphatic carbocycles. The molecule has 3 rings (SSSR count). The number of nitro benzene ring substituents is 1. The van der Waals surface area contributed by atoms with Gasteiger partial charge in [-0.15, -0.1) is 0 Å². The van der Waals surface area contributed by atoms with Gasteiger partial charge in [-0.2, -0.15) is 0 Å². The Balaban J connectivity index is 1.98. The standard InChI is InChI=1S/C19H15NO4/c21-19(22)18(12-13-8-10-15(11-9-13)20(23)24)17-7-3-5-14-4-1-2-6-16(14)17/h1-11,18H,12H2,(H,21,22). The predicted octanol–water partition coefficient (Wildman–Crippen LogP) is 4.16. The lowest BCUT2D eigenvalue weighted by molar-refractivity contribution is -0.384. The van der Waals surface area contributed by atoms with Gasteiger partial charge in [-0.25, -0.2) is 0 Å². The average Bonchev–Trinajstić information content (AvgIpc) is 2.59. The topological polar surface area (TPSA) is 80.4 Å². The zero-order chi connectivity index (χ0) is 17.1. The maximum Gasteiger partial charge on any atom is 0.311 e. The number of aliphatic carboxylic acids is 1. The first-order valence-electron chi connectivity index (χ1n) is 7.50. The van der Waals surface area contributed by atoms with Crippen LogP contribution in [0.15, 0.2) is 66.7 Å². The fourth-order valence-electron chi connectivity index (χ4n) is 2.87. The Morgan fingerprint density at radius 2 is 1.67 bits per heavy atom. The molecule has 3 aromatic carbocycles. The van der Waals surface area contributed by atoms with Crippen LogP contribution < -0.4 is 0 Å². The second-order valence-electron chi connectivity index (χ2n) is 5.59. The summed E-state index contributed by atoms with van der Waals surface area (Å²) in [5.41, 5.74) is 1.50. The van der Waals surface area contributed by atoms with Crippen molar-refractivity contribution in [3.05, 3.63) is 88.0 Å². The SMILES string of the molecule is O=C(O)C(Cc1ccc([N+](=O)[O-])cc1)c1cccc2ccccc12. The normalized spacial score (nSPS) is 12.0. The molecule has 1 N–H and O–H groups in total. The Morgan fingerprint density at radius 3 is 2.33 bits per heavy atom. The molecule has 0 fully saturated rings. The number of fused-ring (bicyclic) bond motifs is 1. The summed E-state index contributed by atoms with van der Waals surface area (Å²) in [5, 5.41) is 22.3. The molecule has 5 heteroatoms. The largest absolute Gasteiger partial charge is 0.481 e.